The molecule has 2 aromatic carbocycles. The molecule has 0 fully saturated rings. The molecule has 6 nitrogen and oxygen atoms in total. The average molecular weight is 419 g/mol. The molecule has 2 aromatic heterocycles. The summed E-state index contributed by atoms with van der Waals surface area (Å²) in [6.45, 7) is 8.37. The van der Waals surface area contributed by atoms with E-state index in [0.717, 1.165) is 27.8 Å². The summed E-state index contributed by atoms with van der Waals surface area (Å²) in [5, 5.41) is 13.2. The van der Waals surface area contributed by atoms with E-state index in [1.54, 1.807) is 6.08 Å². The van der Waals surface area contributed by atoms with Gasteiger partial charge in [0.25, 0.3) is 0 Å². The van der Waals surface area contributed by atoms with Crippen LogP contribution in [0.25, 0.3) is 22.6 Å². The number of carbonyl (C=O) groups excluding carboxylic acids is 1. The first kappa shape index (κ1) is 20.0. The number of thioether (sulfide) groups is 1. The Morgan fingerprint density at radius 3 is 2.83 bits per heavy atom. The number of amides is 1. The first-order valence-corrected chi connectivity index (χ1v) is 10.6. The van der Waals surface area contributed by atoms with Gasteiger partial charge < -0.3 is 9.73 Å². The third kappa shape index (κ3) is 4.02. The van der Waals surface area contributed by atoms with Crippen molar-refractivity contribution in [3.05, 3.63) is 72.3 Å². The van der Waals surface area contributed by atoms with Crippen LogP contribution in [-0.2, 0) is 11.3 Å². The molecule has 0 saturated carbocycles. The maximum absolute atomic E-state index is 12.5. The fourth-order valence-corrected chi connectivity index (χ4v) is 3.91. The monoisotopic (exact) mass is 418 g/mol. The number of hydrogen-bond acceptors (Lipinski definition) is 5. The second kappa shape index (κ2) is 8.59. The fourth-order valence-electron chi connectivity index (χ4n) is 3.17. The van der Waals surface area contributed by atoms with Crippen LogP contribution in [0.4, 0.5) is 5.69 Å². The van der Waals surface area contributed by atoms with Gasteiger partial charge in [0.1, 0.15) is 5.58 Å². The minimum Gasteiger partial charge on any atom is -0.453 e. The minimum atomic E-state index is -0.0906. The topological polar surface area (TPSA) is 73.0 Å². The standard InChI is InChI=1S/C23H22N4O2S/c1-4-12-27-22(20-13-17-9-5-6-11-19(17)29-20)25-26-23(27)30-14-21(28)24-18-10-7-8-15(2)16(18)3/h4-11,13H,1,12,14H2,2-3H3,(H,24,28). The SMILES string of the molecule is C=CCn1c(SCC(=O)Nc2cccc(C)c2C)nnc1-c1cc2ccccc2o1. The largest absolute Gasteiger partial charge is 0.453 e. The zero-order valence-electron chi connectivity index (χ0n) is 16.9. The number of furan rings is 1. The van der Waals surface area contributed by atoms with Crippen molar-refractivity contribution in [3.63, 3.8) is 0 Å². The van der Waals surface area contributed by atoms with E-state index in [-0.39, 0.29) is 11.7 Å². The van der Waals surface area contributed by atoms with E-state index in [1.165, 1.54) is 11.8 Å². The van der Waals surface area contributed by atoms with Crippen LogP contribution in [0.5, 0.6) is 0 Å². The van der Waals surface area contributed by atoms with Crippen LogP contribution in [0.1, 0.15) is 11.1 Å². The number of nitrogens with zero attached hydrogens (tertiary/aromatic N) is 3. The summed E-state index contributed by atoms with van der Waals surface area (Å²) in [6, 6.07) is 15.6. The molecule has 1 N–H and O–H groups in total. The van der Waals surface area contributed by atoms with Gasteiger partial charge in [-0.05, 0) is 43.2 Å². The number of allylic oxidation sites excluding steroid dienone is 1. The average Bonchev–Trinajstić information content (AvgIpc) is 3.34. The van der Waals surface area contributed by atoms with Gasteiger partial charge in [0.2, 0.25) is 11.7 Å². The van der Waals surface area contributed by atoms with Crippen LogP contribution in [0.2, 0.25) is 0 Å². The molecule has 0 atom stereocenters. The van der Waals surface area contributed by atoms with Crippen molar-refractivity contribution in [2.24, 2.45) is 0 Å². The van der Waals surface area contributed by atoms with E-state index in [2.05, 4.69) is 22.1 Å². The summed E-state index contributed by atoms with van der Waals surface area (Å²) in [4.78, 5) is 12.5. The number of hydrogen-bond donors (Lipinski definition) is 1. The maximum atomic E-state index is 12.5. The molecule has 0 aliphatic rings. The molecule has 0 saturated heterocycles. The Kier molecular flexibility index (Phi) is 5.72. The maximum Gasteiger partial charge on any atom is 0.234 e. The molecule has 30 heavy (non-hydrogen) atoms. The number of aryl methyl sites for hydroxylation is 1. The lowest BCUT2D eigenvalue weighted by molar-refractivity contribution is -0.113. The molecule has 4 rings (SSSR count). The smallest absolute Gasteiger partial charge is 0.234 e. The minimum absolute atomic E-state index is 0.0906. The first-order chi connectivity index (χ1) is 14.6. The molecular formula is C23H22N4O2S. The lowest BCUT2D eigenvalue weighted by atomic mass is 10.1. The number of para-hydroxylation sites is 1. The Balaban J connectivity index is 1.52. The highest BCUT2D eigenvalue weighted by atomic mass is 32.2. The van der Waals surface area contributed by atoms with Gasteiger partial charge in [0.15, 0.2) is 10.9 Å². The number of anilines is 1. The van der Waals surface area contributed by atoms with Crippen LogP contribution in [0, 0.1) is 13.8 Å². The number of benzene rings is 2. The van der Waals surface area contributed by atoms with Crippen LogP contribution in [0.3, 0.4) is 0 Å². The van der Waals surface area contributed by atoms with Crippen molar-refractivity contribution in [3.8, 4) is 11.6 Å². The summed E-state index contributed by atoms with van der Waals surface area (Å²) in [6.07, 6.45) is 1.77. The van der Waals surface area contributed by atoms with Gasteiger partial charge in [0.05, 0.1) is 5.75 Å². The van der Waals surface area contributed by atoms with Crippen molar-refractivity contribution in [1.29, 1.82) is 0 Å². The Morgan fingerprint density at radius 2 is 2.03 bits per heavy atom. The van der Waals surface area contributed by atoms with Crippen LogP contribution in [0.15, 0.2) is 70.8 Å². The van der Waals surface area contributed by atoms with Crippen LogP contribution in [-0.4, -0.2) is 26.4 Å². The number of rotatable bonds is 7. The molecule has 1 amide bonds. The normalized spacial score (nSPS) is 11.0. The summed E-state index contributed by atoms with van der Waals surface area (Å²) in [5.74, 6) is 1.39. The second-order valence-corrected chi connectivity index (χ2v) is 7.88. The van der Waals surface area contributed by atoms with Gasteiger partial charge in [-0.3, -0.25) is 9.36 Å². The molecule has 4 aromatic rings. The van der Waals surface area contributed by atoms with Crippen molar-refractivity contribution >= 4 is 34.3 Å². The van der Waals surface area contributed by atoms with E-state index in [4.69, 9.17) is 4.42 Å². The zero-order valence-corrected chi connectivity index (χ0v) is 17.7. The summed E-state index contributed by atoms with van der Waals surface area (Å²) >= 11 is 1.33. The van der Waals surface area contributed by atoms with E-state index in [9.17, 15) is 4.79 Å². The Morgan fingerprint density at radius 1 is 1.20 bits per heavy atom. The molecular weight excluding hydrogens is 396 g/mol. The van der Waals surface area contributed by atoms with E-state index in [0.29, 0.717) is 23.3 Å². The molecule has 0 radical (unpaired) electrons. The number of carbonyl (C=O) groups is 1. The predicted octanol–water partition coefficient (Wildman–Crippen LogP) is 5.22. The first-order valence-electron chi connectivity index (χ1n) is 9.58. The van der Waals surface area contributed by atoms with Crippen LogP contribution < -0.4 is 5.32 Å². The molecule has 2 heterocycles. The molecule has 152 valence electrons. The zero-order chi connectivity index (χ0) is 21.1. The third-order valence-corrected chi connectivity index (χ3v) is 5.85. The molecule has 0 bridgehead atoms. The Bertz CT molecular complexity index is 1190. The molecule has 0 unspecified atom stereocenters. The van der Waals surface area contributed by atoms with Crippen molar-refractivity contribution < 1.29 is 9.21 Å². The van der Waals surface area contributed by atoms with Gasteiger partial charge in [-0.1, -0.05) is 48.2 Å². The summed E-state index contributed by atoms with van der Waals surface area (Å²) < 4.78 is 7.84. The van der Waals surface area contributed by atoms with Gasteiger partial charge in [-0.2, -0.15) is 0 Å². The number of fused-ring (bicyclic) bond motifs is 1. The van der Waals surface area contributed by atoms with Crippen molar-refractivity contribution in [1.82, 2.24) is 14.8 Å². The van der Waals surface area contributed by atoms with E-state index < -0.39 is 0 Å². The number of aromatic nitrogens is 3. The lowest BCUT2D eigenvalue weighted by Gasteiger charge is -2.10. The molecule has 0 aliphatic carbocycles. The molecule has 0 spiro atoms. The molecule has 7 heteroatoms. The summed E-state index contributed by atoms with van der Waals surface area (Å²) in [5.41, 5.74) is 3.83. The highest BCUT2D eigenvalue weighted by molar-refractivity contribution is 7.99. The van der Waals surface area contributed by atoms with Gasteiger partial charge >= 0.3 is 0 Å². The van der Waals surface area contributed by atoms with Gasteiger partial charge in [0, 0.05) is 17.6 Å². The van der Waals surface area contributed by atoms with Crippen molar-refractivity contribution in [2.45, 2.75) is 25.5 Å². The van der Waals surface area contributed by atoms with Crippen LogP contribution >= 0.6 is 11.8 Å². The van der Waals surface area contributed by atoms with E-state index in [1.807, 2.05) is 66.9 Å². The lowest BCUT2D eigenvalue weighted by Crippen LogP contribution is -2.15. The summed E-state index contributed by atoms with van der Waals surface area (Å²) in [7, 11) is 0. The van der Waals surface area contributed by atoms with Gasteiger partial charge in [-0.15, -0.1) is 16.8 Å². The van der Waals surface area contributed by atoms with Crippen molar-refractivity contribution in [2.75, 3.05) is 11.1 Å². The fraction of sp³-hybridized carbons (Fsp3) is 0.174. The van der Waals surface area contributed by atoms with Gasteiger partial charge in [-0.25, -0.2) is 0 Å². The Labute approximate surface area is 179 Å². The third-order valence-electron chi connectivity index (χ3n) is 4.89. The predicted molar refractivity (Wildman–Crippen MR) is 121 cm³/mol. The Hall–Kier alpha value is -3.32. The second-order valence-electron chi connectivity index (χ2n) is 6.94. The quantitative estimate of drug-likeness (QED) is 0.329. The number of nitrogens with one attached hydrogen (secondary N) is 1. The molecule has 0 aliphatic heterocycles. The van der Waals surface area contributed by atoms with E-state index >= 15 is 0 Å². The highest BCUT2D eigenvalue weighted by Crippen LogP contribution is 2.29. The highest BCUT2D eigenvalue weighted by Gasteiger charge is 2.18.